The fourth-order valence-corrected chi connectivity index (χ4v) is 4.54. The number of alkyl halides is 4. The molecule has 1 aliphatic heterocycles. The van der Waals surface area contributed by atoms with Gasteiger partial charge in [-0.3, -0.25) is 0 Å². The van der Waals surface area contributed by atoms with Gasteiger partial charge in [0.05, 0.1) is 17.3 Å². The molecule has 3 aromatic rings. The van der Waals surface area contributed by atoms with Gasteiger partial charge < -0.3 is 20.5 Å². The van der Waals surface area contributed by atoms with E-state index in [0.717, 1.165) is 17.9 Å². The lowest BCUT2D eigenvalue weighted by atomic mass is 10.0. The van der Waals surface area contributed by atoms with Crippen LogP contribution in [-0.4, -0.2) is 58.2 Å². The minimum absolute atomic E-state index is 0.165. The molecule has 1 saturated heterocycles. The lowest BCUT2D eigenvalue weighted by molar-refractivity contribution is -0.139. The van der Waals surface area contributed by atoms with Gasteiger partial charge >= 0.3 is 6.18 Å². The summed E-state index contributed by atoms with van der Waals surface area (Å²) in [6.45, 7) is 0.0758. The minimum atomic E-state index is -4.41. The van der Waals surface area contributed by atoms with E-state index in [1.165, 1.54) is 4.57 Å². The van der Waals surface area contributed by atoms with Gasteiger partial charge in [-0.2, -0.15) is 13.2 Å². The van der Waals surface area contributed by atoms with Crippen LogP contribution in [0, 0.1) is 0 Å². The van der Waals surface area contributed by atoms with Crippen LogP contribution in [0.15, 0.2) is 24.3 Å². The fourth-order valence-electron chi connectivity index (χ4n) is 3.80. The highest BCUT2D eigenvalue weighted by Gasteiger charge is 2.32. The number of piperidine rings is 1. The molecule has 0 spiro atoms. The number of hydrogen-bond donors (Lipinski definition) is 2. The third-order valence-electron chi connectivity index (χ3n) is 5.23. The molecule has 162 valence electrons. The molecule has 2 atom stereocenters. The highest BCUT2D eigenvalue weighted by Crippen LogP contribution is 2.36. The summed E-state index contributed by atoms with van der Waals surface area (Å²) in [4.78, 5) is 1.92. The molecule has 1 aliphatic rings. The Balaban J connectivity index is 1.77. The van der Waals surface area contributed by atoms with Gasteiger partial charge in [0.1, 0.15) is 17.7 Å². The van der Waals surface area contributed by atoms with Crippen LogP contribution >= 0.6 is 11.3 Å². The molecule has 0 amide bonds. The number of halogens is 4. The first-order valence-electron chi connectivity index (χ1n) is 9.56. The number of nitrogens with zero attached hydrogens (tertiary/aromatic N) is 4. The molecule has 0 aliphatic carbocycles. The number of benzene rings is 1. The van der Waals surface area contributed by atoms with E-state index >= 15 is 0 Å². The van der Waals surface area contributed by atoms with Gasteiger partial charge in [-0.05, 0) is 31.7 Å². The Morgan fingerprint density at radius 1 is 1.30 bits per heavy atom. The highest BCUT2D eigenvalue weighted by atomic mass is 32.1. The Labute approximate surface area is 174 Å². The number of aromatic nitrogens is 3. The molecular formula is C19H22F4N6S. The van der Waals surface area contributed by atoms with Crippen molar-refractivity contribution in [1.82, 2.24) is 19.7 Å². The van der Waals surface area contributed by atoms with Gasteiger partial charge in [-0.25, -0.2) is 4.39 Å². The molecule has 0 radical (unpaired) electrons. The van der Waals surface area contributed by atoms with Crippen LogP contribution in [0.2, 0.25) is 0 Å². The van der Waals surface area contributed by atoms with Crippen LogP contribution in [0.5, 0.6) is 0 Å². The zero-order valence-corrected chi connectivity index (χ0v) is 17.1. The van der Waals surface area contributed by atoms with E-state index in [1.807, 2.05) is 11.9 Å². The van der Waals surface area contributed by atoms with Gasteiger partial charge in [-0.15, -0.1) is 10.2 Å². The van der Waals surface area contributed by atoms with Crippen molar-refractivity contribution in [3.8, 4) is 10.7 Å². The molecular weight excluding hydrogens is 420 g/mol. The van der Waals surface area contributed by atoms with Gasteiger partial charge in [0.15, 0.2) is 5.01 Å². The third-order valence-corrected chi connectivity index (χ3v) is 6.20. The molecule has 1 aromatic carbocycles. The van der Waals surface area contributed by atoms with Gasteiger partial charge in [-0.1, -0.05) is 17.4 Å². The van der Waals surface area contributed by atoms with E-state index in [-0.39, 0.29) is 6.54 Å². The summed E-state index contributed by atoms with van der Waals surface area (Å²) in [5, 5.41) is 12.7. The highest BCUT2D eigenvalue weighted by molar-refractivity contribution is 7.14. The minimum Gasteiger partial charge on any atom is -0.379 e. The van der Waals surface area contributed by atoms with E-state index in [2.05, 4.69) is 15.5 Å². The molecule has 3 heterocycles. The molecule has 0 unspecified atom stereocenters. The first-order valence-corrected chi connectivity index (χ1v) is 10.4. The predicted octanol–water partition coefficient (Wildman–Crippen LogP) is 3.63. The average Bonchev–Trinajstić information content (AvgIpc) is 3.28. The monoisotopic (exact) mass is 442 g/mol. The lowest BCUT2D eigenvalue weighted by Crippen LogP contribution is -2.46. The van der Waals surface area contributed by atoms with Crippen LogP contribution in [0.4, 0.5) is 23.2 Å². The molecule has 6 nitrogen and oxygen atoms in total. The van der Waals surface area contributed by atoms with Gasteiger partial charge in [0.25, 0.3) is 0 Å². The zero-order chi connectivity index (χ0) is 21.5. The van der Waals surface area contributed by atoms with Crippen molar-refractivity contribution in [2.45, 2.75) is 37.9 Å². The van der Waals surface area contributed by atoms with E-state index in [4.69, 9.17) is 5.73 Å². The maximum absolute atomic E-state index is 14.5. The number of hydrogen-bond acceptors (Lipinski definition) is 6. The number of anilines is 1. The summed E-state index contributed by atoms with van der Waals surface area (Å²) < 4.78 is 55.7. The molecule has 11 heteroatoms. The van der Waals surface area contributed by atoms with Crippen LogP contribution in [0.25, 0.3) is 21.6 Å². The van der Waals surface area contributed by atoms with Crippen molar-refractivity contribution in [3.63, 3.8) is 0 Å². The topological polar surface area (TPSA) is 72.0 Å². The van der Waals surface area contributed by atoms with E-state index in [1.54, 1.807) is 24.3 Å². The fraction of sp³-hybridized carbons (Fsp3) is 0.474. The van der Waals surface area contributed by atoms with E-state index in [9.17, 15) is 17.6 Å². The van der Waals surface area contributed by atoms with Gasteiger partial charge in [0.2, 0.25) is 0 Å². The van der Waals surface area contributed by atoms with Crippen LogP contribution in [-0.2, 0) is 13.1 Å². The number of rotatable bonds is 5. The summed E-state index contributed by atoms with van der Waals surface area (Å²) in [5.74, 6) is 0. The Bertz CT molecular complexity index is 1030. The lowest BCUT2D eigenvalue weighted by Gasteiger charge is -2.33. The summed E-state index contributed by atoms with van der Waals surface area (Å²) >= 11 is 1.16. The largest absolute Gasteiger partial charge is 0.406 e. The Kier molecular flexibility index (Phi) is 5.69. The Morgan fingerprint density at radius 2 is 2.10 bits per heavy atom. The number of fused-ring (bicyclic) bond motifs is 1. The average molecular weight is 442 g/mol. The first-order chi connectivity index (χ1) is 14.2. The Morgan fingerprint density at radius 3 is 2.77 bits per heavy atom. The third kappa shape index (κ3) is 4.28. The molecule has 4 rings (SSSR count). The normalized spacial score (nSPS) is 20.7. The second-order valence-electron chi connectivity index (χ2n) is 7.49. The van der Waals surface area contributed by atoms with Crippen LogP contribution in [0.3, 0.4) is 0 Å². The molecule has 1 fully saturated rings. The van der Waals surface area contributed by atoms with Crippen LogP contribution in [0.1, 0.15) is 11.4 Å². The van der Waals surface area contributed by atoms with Crippen molar-refractivity contribution in [3.05, 3.63) is 29.3 Å². The molecule has 0 bridgehead atoms. The van der Waals surface area contributed by atoms with Crippen molar-refractivity contribution in [2.24, 2.45) is 5.73 Å². The number of likely N-dealkylation sites (tertiary alicyclic amines) is 1. The smallest absolute Gasteiger partial charge is 0.379 e. The van der Waals surface area contributed by atoms with E-state index < -0.39 is 24.9 Å². The quantitative estimate of drug-likeness (QED) is 0.591. The molecule has 30 heavy (non-hydrogen) atoms. The zero-order valence-electron chi connectivity index (χ0n) is 16.3. The van der Waals surface area contributed by atoms with Crippen molar-refractivity contribution in [2.75, 3.05) is 25.5 Å². The predicted molar refractivity (Wildman–Crippen MR) is 109 cm³/mol. The Hall–Kier alpha value is -2.24. The second kappa shape index (κ2) is 8.12. The van der Waals surface area contributed by atoms with Crippen molar-refractivity contribution >= 4 is 27.9 Å². The number of nitrogens with one attached hydrogen (secondary N) is 1. The molecule has 2 aromatic heterocycles. The van der Waals surface area contributed by atoms with Crippen molar-refractivity contribution < 1.29 is 17.6 Å². The summed E-state index contributed by atoms with van der Waals surface area (Å²) in [7, 11) is 1.87. The standard InChI is InChI=1S/C19H22F4N6S/c1-28-6-5-14(12(20)9-28)25-13-3-2-4-15-11(13)7-16(29(15)10-19(21,22)23)18-27-26-17(8-24)30-18/h2-4,7,12,14,25H,5-6,8-10,24H2,1H3/t12-,14+/m0/s1. The maximum atomic E-state index is 14.5. The second-order valence-corrected chi connectivity index (χ2v) is 8.55. The summed E-state index contributed by atoms with van der Waals surface area (Å²) in [6.07, 6.45) is -4.87. The molecule has 0 saturated carbocycles. The number of nitrogens with two attached hydrogens (primary N) is 1. The summed E-state index contributed by atoms with van der Waals surface area (Å²) in [5.41, 5.74) is 6.90. The van der Waals surface area contributed by atoms with Crippen LogP contribution < -0.4 is 11.1 Å². The molecule has 3 N–H and O–H groups in total. The SMILES string of the molecule is CN1CC[C@@H](Nc2cccc3c2cc(-c2nnc(CN)s2)n3CC(F)(F)F)[C@@H](F)C1. The van der Waals surface area contributed by atoms with Crippen molar-refractivity contribution in [1.29, 1.82) is 0 Å². The summed E-state index contributed by atoms with van der Waals surface area (Å²) in [6, 6.07) is 6.33. The van der Waals surface area contributed by atoms with E-state index in [0.29, 0.717) is 45.3 Å². The van der Waals surface area contributed by atoms with Gasteiger partial charge in [0, 0.05) is 30.7 Å². The maximum Gasteiger partial charge on any atom is 0.406 e. The first kappa shape index (κ1) is 21.0.